The molecule has 174 valence electrons. The highest BCUT2D eigenvalue weighted by Crippen LogP contribution is 2.33. The number of carbonyl (C=O) groups excluding carboxylic acids is 1. The number of ether oxygens (including phenoxy) is 2. The Balaban J connectivity index is 2.02. The molecule has 0 aliphatic rings. The summed E-state index contributed by atoms with van der Waals surface area (Å²) < 4.78 is 39.5. The molecule has 0 aliphatic carbocycles. The van der Waals surface area contributed by atoms with E-state index in [0.29, 0.717) is 15.8 Å². The molecule has 0 saturated heterocycles. The van der Waals surface area contributed by atoms with Gasteiger partial charge in [0.15, 0.2) is 6.61 Å². The van der Waals surface area contributed by atoms with Crippen LogP contribution in [-0.2, 0) is 14.8 Å². The van der Waals surface area contributed by atoms with Crippen molar-refractivity contribution in [2.75, 3.05) is 18.0 Å². The predicted molar refractivity (Wildman–Crippen MR) is 133 cm³/mol. The molecule has 0 aromatic heterocycles. The van der Waals surface area contributed by atoms with Crippen LogP contribution in [0.25, 0.3) is 0 Å². The summed E-state index contributed by atoms with van der Waals surface area (Å²) in [6, 6.07) is 14.3. The number of amides is 1. The smallest absolute Gasteiger partial charge is 0.278 e. The van der Waals surface area contributed by atoms with E-state index in [1.54, 1.807) is 12.1 Å². The fourth-order valence-corrected chi connectivity index (χ4v) is 5.67. The lowest BCUT2D eigenvalue weighted by Gasteiger charge is -2.24. The summed E-state index contributed by atoms with van der Waals surface area (Å²) in [5, 5.41) is 0.174. The van der Waals surface area contributed by atoms with Crippen molar-refractivity contribution in [3.8, 4) is 11.5 Å². The van der Waals surface area contributed by atoms with Gasteiger partial charge in [-0.25, -0.2) is 8.42 Å². The van der Waals surface area contributed by atoms with E-state index in [2.05, 4.69) is 15.9 Å². The van der Waals surface area contributed by atoms with Crippen LogP contribution < -0.4 is 13.8 Å². The molecule has 0 aliphatic heterocycles. The third kappa shape index (κ3) is 5.51. The quantitative estimate of drug-likeness (QED) is 0.368. The first-order valence-electron chi connectivity index (χ1n) is 9.92. The second-order valence-electron chi connectivity index (χ2n) is 7.45. The zero-order valence-corrected chi connectivity index (χ0v) is 21.7. The molecular weight excluding hydrogens is 530 g/mol. The molecule has 3 aromatic carbocycles. The monoisotopic (exact) mass is 551 g/mol. The average Bonchev–Trinajstić information content (AvgIpc) is 2.73. The summed E-state index contributed by atoms with van der Waals surface area (Å²) in [4.78, 5) is 13.3. The van der Waals surface area contributed by atoms with Crippen molar-refractivity contribution in [2.24, 2.45) is 0 Å². The summed E-state index contributed by atoms with van der Waals surface area (Å²) in [7, 11) is -2.79. The maximum atomic E-state index is 13.5. The number of rotatable bonds is 7. The molecule has 6 nitrogen and oxygen atoms in total. The number of halogens is 2. The Hall–Kier alpha value is -2.55. The highest BCUT2D eigenvalue weighted by atomic mass is 79.9. The number of aryl methyl sites for hydroxylation is 3. The minimum atomic E-state index is -4.24. The number of nitrogens with zero attached hydrogens (tertiary/aromatic N) is 1. The minimum Gasteiger partial charge on any atom is -0.495 e. The zero-order valence-electron chi connectivity index (χ0n) is 18.6. The molecule has 0 fully saturated rings. The van der Waals surface area contributed by atoms with Gasteiger partial charge in [0.2, 0.25) is 0 Å². The Morgan fingerprint density at radius 1 is 1.00 bits per heavy atom. The lowest BCUT2D eigenvalue weighted by molar-refractivity contribution is -0.119. The first-order valence-corrected chi connectivity index (χ1v) is 12.5. The number of anilines is 1. The molecule has 1 amide bonds. The van der Waals surface area contributed by atoms with Gasteiger partial charge in [-0.1, -0.05) is 45.2 Å². The van der Waals surface area contributed by atoms with Gasteiger partial charge in [0.05, 0.1) is 22.7 Å². The maximum Gasteiger partial charge on any atom is 0.278 e. The van der Waals surface area contributed by atoms with Gasteiger partial charge in [0.25, 0.3) is 15.9 Å². The molecule has 0 N–H and O–H groups in total. The largest absolute Gasteiger partial charge is 0.495 e. The van der Waals surface area contributed by atoms with Gasteiger partial charge in [0.1, 0.15) is 11.5 Å². The Bertz CT molecular complexity index is 1270. The molecule has 0 saturated carbocycles. The lowest BCUT2D eigenvalue weighted by atomic mass is 10.1. The Labute approximate surface area is 207 Å². The Morgan fingerprint density at radius 2 is 1.61 bits per heavy atom. The molecule has 0 heterocycles. The fraction of sp³-hybridized carbons (Fsp3) is 0.208. The molecule has 9 heteroatoms. The molecule has 0 spiro atoms. The standard InChI is InChI=1S/C24H23BrClNO5S/c1-15-5-8-20(9-6-15)33(29,30)27(19-7-10-22(31-4)21(26)13-19)23(28)14-32-24-16(2)11-18(25)12-17(24)3/h5-13H,14H2,1-4H3. The second-order valence-corrected chi connectivity index (χ2v) is 10.6. The zero-order chi connectivity index (χ0) is 24.3. The van der Waals surface area contributed by atoms with E-state index in [0.717, 1.165) is 21.2 Å². The van der Waals surface area contributed by atoms with Crippen molar-refractivity contribution in [2.45, 2.75) is 25.7 Å². The Kier molecular flexibility index (Phi) is 7.72. The van der Waals surface area contributed by atoms with Crippen LogP contribution in [0.5, 0.6) is 11.5 Å². The molecular formula is C24H23BrClNO5S. The number of methoxy groups -OCH3 is 1. The topological polar surface area (TPSA) is 72.9 Å². The van der Waals surface area contributed by atoms with Crippen LogP contribution in [0, 0.1) is 20.8 Å². The van der Waals surface area contributed by atoms with E-state index in [4.69, 9.17) is 21.1 Å². The number of carbonyl (C=O) groups is 1. The van der Waals surface area contributed by atoms with Crippen molar-refractivity contribution in [3.63, 3.8) is 0 Å². The number of hydrogen-bond acceptors (Lipinski definition) is 5. The van der Waals surface area contributed by atoms with Crippen molar-refractivity contribution >= 4 is 49.1 Å². The van der Waals surface area contributed by atoms with Crippen molar-refractivity contribution in [1.82, 2.24) is 0 Å². The Morgan fingerprint density at radius 3 is 2.15 bits per heavy atom. The van der Waals surface area contributed by atoms with E-state index in [1.165, 1.54) is 37.4 Å². The van der Waals surface area contributed by atoms with Gasteiger partial charge in [-0.15, -0.1) is 0 Å². The van der Waals surface area contributed by atoms with Gasteiger partial charge in [0, 0.05) is 4.47 Å². The maximum absolute atomic E-state index is 13.5. The van der Waals surface area contributed by atoms with Gasteiger partial charge < -0.3 is 9.47 Å². The van der Waals surface area contributed by atoms with Crippen LogP contribution in [-0.4, -0.2) is 28.0 Å². The first kappa shape index (κ1) is 25.1. The third-order valence-corrected chi connectivity index (χ3v) is 7.44. The van der Waals surface area contributed by atoms with E-state index in [9.17, 15) is 13.2 Å². The summed E-state index contributed by atoms with van der Waals surface area (Å²) in [6.07, 6.45) is 0. The second kappa shape index (κ2) is 10.2. The van der Waals surface area contributed by atoms with Crippen LogP contribution in [0.3, 0.4) is 0 Å². The third-order valence-electron chi connectivity index (χ3n) is 4.92. The van der Waals surface area contributed by atoms with Crippen molar-refractivity contribution in [3.05, 3.63) is 80.8 Å². The first-order chi connectivity index (χ1) is 15.5. The lowest BCUT2D eigenvalue weighted by Crippen LogP contribution is -2.40. The number of benzene rings is 3. The number of hydrogen-bond donors (Lipinski definition) is 0. The summed E-state index contributed by atoms with van der Waals surface area (Å²) >= 11 is 9.65. The van der Waals surface area contributed by atoms with Crippen molar-refractivity contribution < 1.29 is 22.7 Å². The SMILES string of the molecule is COc1ccc(N(C(=O)COc2c(C)cc(Br)cc2C)S(=O)(=O)c2ccc(C)cc2)cc1Cl. The molecule has 0 unspecified atom stereocenters. The molecule has 3 aromatic rings. The van der Waals surface area contributed by atoms with Gasteiger partial charge >= 0.3 is 0 Å². The number of sulfonamides is 1. The molecule has 0 bridgehead atoms. The van der Waals surface area contributed by atoms with Crippen LogP contribution >= 0.6 is 27.5 Å². The highest BCUT2D eigenvalue weighted by Gasteiger charge is 2.32. The van der Waals surface area contributed by atoms with E-state index in [1.807, 2.05) is 32.9 Å². The predicted octanol–water partition coefficient (Wildman–Crippen LogP) is 5.84. The summed E-state index contributed by atoms with van der Waals surface area (Å²) in [6.45, 7) is 5.06. The van der Waals surface area contributed by atoms with Crippen LogP contribution in [0.15, 0.2) is 64.0 Å². The van der Waals surface area contributed by atoms with Gasteiger partial charge in [-0.05, 0) is 74.4 Å². The highest BCUT2D eigenvalue weighted by molar-refractivity contribution is 9.10. The average molecular weight is 553 g/mol. The van der Waals surface area contributed by atoms with Crippen LogP contribution in [0.4, 0.5) is 5.69 Å². The van der Waals surface area contributed by atoms with Crippen molar-refractivity contribution in [1.29, 1.82) is 0 Å². The fourth-order valence-electron chi connectivity index (χ4n) is 3.33. The molecule has 33 heavy (non-hydrogen) atoms. The molecule has 0 atom stereocenters. The van der Waals surface area contributed by atoms with Crippen LogP contribution in [0.1, 0.15) is 16.7 Å². The van der Waals surface area contributed by atoms with E-state index in [-0.39, 0.29) is 15.6 Å². The van der Waals surface area contributed by atoms with E-state index >= 15 is 0 Å². The molecule has 0 radical (unpaired) electrons. The minimum absolute atomic E-state index is 0.0237. The molecule has 3 rings (SSSR count). The summed E-state index contributed by atoms with van der Waals surface area (Å²) in [5.41, 5.74) is 2.60. The van der Waals surface area contributed by atoms with Gasteiger partial charge in [-0.3, -0.25) is 4.79 Å². The van der Waals surface area contributed by atoms with Gasteiger partial charge in [-0.2, -0.15) is 4.31 Å². The summed E-state index contributed by atoms with van der Waals surface area (Å²) in [5.74, 6) is 0.114. The van der Waals surface area contributed by atoms with E-state index < -0.39 is 22.5 Å². The van der Waals surface area contributed by atoms with Crippen LogP contribution in [0.2, 0.25) is 5.02 Å². The normalized spacial score (nSPS) is 11.2.